The molecule has 1 heterocycles. The second kappa shape index (κ2) is 6.41. The lowest BCUT2D eigenvalue weighted by molar-refractivity contribution is -0.114. The van der Waals surface area contributed by atoms with Crippen LogP contribution in [0.3, 0.4) is 0 Å². The van der Waals surface area contributed by atoms with Gasteiger partial charge in [-0.1, -0.05) is 13.0 Å². The Labute approximate surface area is 122 Å². The molecular formula is C13H18O5PS+. The normalized spacial score (nSPS) is 18.3. The molecular weight excluding hydrogens is 299 g/mol. The number of benzene rings is 1. The molecule has 1 aliphatic rings. The number of carbonyl (C=O) groups excluding carboxylic acids is 1. The lowest BCUT2D eigenvalue weighted by Crippen LogP contribution is -2.19. The van der Waals surface area contributed by atoms with Crippen LogP contribution in [0.2, 0.25) is 0 Å². The Morgan fingerprint density at radius 3 is 2.85 bits per heavy atom. The molecule has 1 aromatic carbocycles. The smallest absolute Gasteiger partial charge is 0.478 e. The van der Waals surface area contributed by atoms with E-state index in [1.165, 1.54) is 0 Å². The third kappa shape index (κ3) is 3.51. The van der Waals surface area contributed by atoms with Crippen molar-refractivity contribution in [3.8, 4) is 5.75 Å². The fourth-order valence-corrected chi connectivity index (χ4v) is 3.70. The third-order valence-corrected chi connectivity index (χ3v) is 5.02. The van der Waals surface area contributed by atoms with Crippen LogP contribution in [0.4, 0.5) is 0 Å². The molecule has 0 spiro atoms. The molecule has 0 saturated heterocycles. The number of thioether (sulfide) groups is 1. The summed E-state index contributed by atoms with van der Waals surface area (Å²) in [4.78, 5) is 39.9. The largest absolute Gasteiger partial charge is 0.493 e. The molecule has 2 rings (SSSR count). The minimum Gasteiger partial charge on any atom is -0.493 e. The van der Waals surface area contributed by atoms with Crippen LogP contribution in [0, 0.1) is 0 Å². The number of hydrogen-bond acceptors (Lipinski definition) is 6. The zero-order valence-electron chi connectivity index (χ0n) is 11.2. The summed E-state index contributed by atoms with van der Waals surface area (Å²) in [6, 6.07) is 5.73. The molecule has 1 aromatic rings. The van der Waals surface area contributed by atoms with Gasteiger partial charge in [0.05, 0.1) is 13.0 Å². The first-order valence-electron chi connectivity index (χ1n) is 6.42. The van der Waals surface area contributed by atoms with Crippen molar-refractivity contribution in [1.29, 1.82) is 0 Å². The summed E-state index contributed by atoms with van der Waals surface area (Å²) in [5.74, 6) is 1.49. The average Bonchev–Trinajstić information content (AvgIpc) is 2.38. The van der Waals surface area contributed by atoms with Crippen LogP contribution in [0.5, 0.6) is 5.75 Å². The summed E-state index contributed by atoms with van der Waals surface area (Å²) in [7, 11) is -4.40. The van der Waals surface area contributed by atoms with Crippen LogP contribution >= 0.6 is 19.7 Å². The Bertz CT molecular complexity index is 500. The fourth-order valence-electron chi connectivity index (χ4n) is 2.33. The van der Waals surface area contributed by atoms with Gasteiger partial charge in [0.1, 0.15) is 5.75 Å². The van der Waals surface area contributed by atoms with E-state index in [1.807, 2.05) is 25.1 Å². The molecule has 0 aliphatic carbocycles. The Hall–Kier alpha value is -0.650. The van der Waals surface area contributed by atoms with Crippen molar-refractivity contribution in [2.24, 2.45) is 0 Å². The van der Waals surface area contributed by atoms with E-state index in [2.05, 4.69) is 0 Å². The van der Waals surface area contributed by atoms with Gasteiger partial charge in [-0.3, -0.25) is 0 Å². The maximum atomic E-state index is 11.7. The second-order valence-corrected chi connectivity index (χ2v) is 7.54. The fraction of sp³-hybridized carbons (Fsp3) is 0.462. The van der Waals surface area contributed by atoms with Gasteiger partial charge in [0.25, 0.3) is 0 Å². The Morgan fingerprint density at radius 1 is 1.45 bits per heavy atom. The number of ether oxygens (including phenoxy) is 1. The van der Waals surface area contributed by atoms with Gasteiger partial charge in [-0.2, -0.15) is 14.7 Å². The highest BCUT2D eigenvalue weighted by molar-refractivity contribution is 7.99. The summed E-state index contributed by atoms with van der Waals surface area (Å²) < 4.78 is 5.60. The second-order valence-electron chi connectivity index (χ2n) is 4.60. The standard InChI is InChI=1S/C13H18O5PS/c1-2-20-11-5-3-4-10-13(11)9(6-7-18-10)8-12(14)19(15,16)17/h3-5,9,15-17H,2,6-8H2,1H3/q+1. The minimum atomic E-state index is -4.40. The van der Waals surface area contributed by atoms with E-state index in [9.17, 15) is 4.79 Å². The Balaban J connectivity index is 2.29. The summed E-state index contributed by atoms with van der Waals surface area (Å²) in [5.41, 5.74) is 0.0547. The zero-order valence-corrected chi connectivity index (χ0v) is 12.9. The maximum absolute atomic E-state index is 11.7. The summed E-state index contributed by atoms with van der Waals surface area (Å²) >= 11 is 1.66. The monoisotopic (exact) mass is 317 g/mol. The zero-order chi connectivity index (χ0) is 14.8. The highest BCUT2D eigenvalue weighted by atomic mass is 32.2. The summed E-state index contributed by atoms with van der Waals surface area (Å²) in [6.07, 6.45) is 0.551. The van der Waals surface area contributed by atoms with Crippen LogP contribution in [0.1, 0.15) is 31.2 Å². The maximum Gasteiger partial charge on any atom is 0.478 e. The van der Waals surface area contributed by atoms with Gasteiger partial charge in [-0.15, -0.1) is 11.8 Å². The molecule has 7 heteroatoms. The summed E-state index contributed by atoms with van der Waals surface area (Å²) in [6.45, 7) is 2.53. The topological polar surface area (TPSA) is 87.0 Å². The van der Waals surface area contributed by atoms with Crippen molar-refractivity contribution in [3.05, 3.63) is 23.8 Å². The molecule has 3 N–H and O–H groups in total. The van der Waals surface area contributed by atoms with Crippen molar-refractivity contribution in [1.82, 2.24) is 0 Å². The van der Waals surface area contributed by atoms with Gasteiger partial charge >= 0.3 is 13.5 Å². The van der Waals surface area contributed by atoms with Gasteiger partial charge in [0.15, 0.2) is 0 Å². The van der Waals surface area contributed by atoms with E-state index in [4.69, 9.17) is 19.4 Å². The molecule has 20 heavy (non-hydrogen) atoms. The van der Waals surface area contributed by atoms with Crippen LogP contribution < -0.4 is 4.74 Å². The lowest BCUT2D eigenvalue weighted by atomic mass is 9.90. The van der Waals surface area contributed by atoms with Gasteiger partial charge in [-0.25, -0.2) is 4.79 Å². The molecule has 0 bridgehead atoms. The lowest BCUT2D eigenvalue weighted by Gasteiger charge is -2.27. The highest BCUT2D eigenvalue weighted by Crippen LogP contribution is 2.50. The van der Waals surface area contributed by atoms with Crippen molar-refractivity contribution in [3.63, 3.8) is 0 Å². The third-order valence-electron chi connectivity index (χ3n) is 3.21. The van der Waals surface area contributed by atoms with E-state index in [-0.39, 0.29) is 12.3 Å². The number of rotatable bonds is 5. The Morgan fingerprint density at radius 2 is 2.20 bits per heavy atom. The van der Waals surface area contributed by atoms with E-state index >= 15 is 0 Å². The van der Waals surface area contributed by atoms with Crippen molar-refractivity contribution in [2.45, 2.75) is 30.6 Å². The minimum absolute atomic E-state index is 0.0745. The quantitative estimate of drug-likeness (QED) is 0.571. The van der Waals surface area contributed by atoms with Crippen LogP contribution in [-0.2, 0) is 4.79 Å². The number of carbonyl (C=O) groups is 1. The van der Waals surface area contributed by atoms with Gasteiger partial charge in [0.2, 0.25) is 0 Å². The van der Waals surface area contributed by atoms with Crippen molar-refractivity contribution >= 4 is 25.2 Å². The molecule has 5 nitrogen and oxygen atoms in total. The molecule has 0 radical (unpaired) electrons. The van der Waals surface area contributed by atoms with Gasteiger partial charge in [-0.05, 0) is 24.3 Å². The first-order valence-corrected chi connectivity index (χ1v) is 9.06. The van der Waals surface area contributed by atoms with E-state index in [0.717, 1.165) is 22.0 Å². The van der Waals surface area contributed by atoms with Crippen molar-refractivity contribution < 1.29 is 24.2 Å². The van der Waals surface area contributed by atoms with Crippen molar-refractivity contribution in [2.75, 3.05) is 12.4 Å². The number of fused-ring (bicyclic) bond motifs is 1. The molecule has 1 atom stereocenters. The Kier molecular flexibility index (Phi) is 5.04. The van der Waals surface area contributed by atoms with Gasteiger partial charge < -0.3 is 4.74 Å². The molecule has 1 aliphatic heterocycles. The predicted molar refractivity (Wildman–Crippen MR) is 78.9 cm³/mol. The SMILES string of the molecule is CCSc1cccc2c1C(CC(=O)[P+](O)(O)O)CCO2. The van der Waals surface area contributed by atoms with E-state index in [1.54, 1.807) is 11.8 Å². The first kappa shape index (κ1) is 15.7. The molecule has 1 unspecified atom stereocenters. The molecule has 0 aromatic heterocycles. The van der Waals surface area contributed by atoms with E-state index in [0.29, 0.717) is 13.0 Å². The van der Waals surface area contributed by atoms with Crippen LogP contribution in [0.25, 0.3) is 0 Å². The first-order chi connectivity index (χ1) is 9.43. The van der Waals surface area contributed by atoms with Crippen LogP contribution in [0.15, 0.2) is 23.1 Å². The van der Waals surface area contributed by atoms with E-state index < -0.39 is 13.5 Å². The number of hydrogen-bond donors (Lipinski definition) is 3. The predicted octanol–water partition coefficient (Wildman–Crippen LogP) is 2.32. The highest BCUT2D eigenvalue weighted by Gasteiger charge is 2.44. The molecule has 0 fully saturated rings. The van der Waals surface area contributed by atoms with Crippen LogP contribution in [-0.4, -0.2) is 32.6 Å². The molecule has 0 amide bonds. The average molecular weight is 317 g/mol. The molecule has 0 saturated carbocycles. The summed E-state index contributed by atoms with van der Waals surface area (Å²) in [5, 5.41) is 0. The van der Waals surface area contributed by atoms with Gasteiger partial charge in [0, 0.05) is 16.4 Å². The molecule has 110 valence electrons.